The van der Waals surface area contributed by atoms with E-state index in [-0.39, 0.29) is 49.5 Å². The number of nitrogens with zero attached hydrogens (tertiary/aromatic N) is 2. The van der Waals surface area contributed by atoms with Crippen molar-refractivity contribution in [3.8, 4) is 0 Å². The maximum absolute atomic E-state index is 13.5. The number of amides is 2. The predicted octanol–water partition coefficient (Wildman–Crippen LogP) is 5.43. The lowest BCUT2D eigenvalue weighted by Gasteiger charge is -2.31. The fourth-order valence-corrected chi connectivity index (χ4v) is 5.96. The van der Waals surface area contributed by atoms with Gasteiger partial charge in [-0.1, -0.05) is 55.2 Å². The van der Waals surface area contributed by atoms with Crippen molar-refractivity contribution in [1.82, 2.24) is 10.2 Å². The lowest BCUT2D eigenvalue weighted by atomic mass is 9.95. The Morgan fingerprint density at radius 3 is 2.35 bits per heavy atom. The quantitative estimate of drug-likeness (QED) is 0.384. The van der Waals surface area contributed by atoms with E-state index in [2.05, 4.69) is 5.32 Å². The molecule has 0 aromatic heterocycles. The molecule has 1 saturated carbocycles. The lowest BCUT2D eigenvalue weighted by Crippen LogP contribution is -2.50. The number of carbonyl (C=O) groups is 2. The minimum absolute atomic E-state index is 0.0590. The first-order chi connectivity index (χ1) is 18.8. The number of halogens is 3. The van der Waals surface area contributed by atoms with Crippen LogP contribution in [0.15, 0.2) is 48.5 Å². The maximum atomic E-state index is 13.5. The summed E-state index contributed by atoms with van der Waals surface area (Å²) >= 11 is 0. The summed E-state index contributed by atoms with van der Waals surface area (Å²) in [6.07, 6.45) is 1.31. The van der Waals surface area contributed by atoms with Gasteiger partial charge in [0.05, 0.1) is 17.5 Å². The van der Waals surface area contributed by atoms with E-state index in [0.717, 1.165) is 72.0 Å². The third-order valence-corrected chi connectivity index (χ3v) is 8.36. The number of nitrogens with one attached hydrogen (secondary N) is 1. The largest absolute Gasteiger partial charge is 0.416 e. The van der Waals surface area contributed by atoms with Crippen molar-refractivity contribution in [2.75, 3.05) is 17.1 Å². The SMILES string of the molecule is Cc1cccc(CN(C(=O)CCCN(c2cccc(C(F)(F)F)c2)S(C)(=O)=O)C(C)C(=O)NC2CCCCC2)c1. The zero-order valence-corrected chi connectivity index (χ0v) is 24.0. The van der Waals surface area contributed by atoms with Gasteiger partial charge in [-0.05, 0) is 56.9 Å². The third-order valence-electron chi connectivity index (χ3n) is 7.17. The van der Waals surface area contributed by atoms with Crippen LogP contribution >= 0.6 is 0 Å². The molecule has 220 valence electrons. The first kappa shape index (κ1) is 31.4. The van der Waals surface area contributed by atoms with Crippen LogP contribution in [0, 0.1) is 6.92 Å². The molecule has 0 radical (unpaired) electrons. The smallest absolute Gasteiger partial charge is 0.352 e. The van der Waals surface area contributed by atoms with Gasteiger partial charge in [-0.25, -0.2) is 8.42 Å². The molecule has 1 fully saturated rings. The molecule has 0 spiro atoms. The van der Waals surface area contributed by atoms with Crippen LogP contribution in [0.1, 0.15) is 68.6 Å². The van der Waals surface area contributed by atoms with E-state index in [1.54, 1.807) is 6.92 Å². The summed E-state index contributed by atoms with van der Waals surface area (Å²) in [5, 5.41) is 3.07. The van der Waals surface area contributed by atoms with Gasteiger partial charge in [-0.15, -0.1) is 0 Å². The Kier molecular flexibility index (Phi) is 10.6. The molecular weight excluding hydrogens is 543 g/mol. The average Bonchev–Trinajstić information content (AvgIpc) is 2.88. The van der Waals surface area contributed by atoms with Crippen molar-refractivity contribution >= 4 is 27.5 Å². The summed E-state index contributed by atoms with van der Waals surface area (Å²) in [5.41, 5.74) is 0.778. The highest BCUT2D eigenvalue weighted by molar-refractivity contribution is 7.92. The van der Waals surface area contributed by atoms with Crippen LogP contribution in [-0.2, 0) is 32.3 Å². The summed E-state index contributed by atoms with van der Waals surface area (Å²) in [4.78, 5) is 28.1. The van der Waals surface area contributed by atoms with Gasteiger partial charge >= 0.3 is 6.18 Å². The molecule has 1 atom stereocenters. The Balaban J connectivity index is 1.74. The maximum Gasteiger partial charge on any atom is 0.416 e. The first-order valence-corrected chi connectivity index (χ1v) is 15.4. The molecule has 1 aliphatic rings. The van der Waals surface area contributed by atoms with E-state index in [9.17, 15) is 31.2 Å². The minimum Gasteiger partial charge on any atom is -0.352 e. The number of benzene rings is 2. The summed E-state index contributed by atoms with van der Waals surface area (Å²) < 4.78 is 65.4. The van der Waals surface area contributed by atoms with Crippen molar-refractivity contribution in [2.24, 2.45) is 0 Å². The second kappa shape index (κ2) is 13.5. The normalized spacial score (nSPS) is 15.3. The van der Waals surface area contributed by atoms with Gasteiger partial charge in [-0.3, -0.25) is 13.9 Å². The van der Waals surface area contributed by atoms with E-state index in [0.29, 0.717) is 0 Å². The Hall–Kier alpha value is -3.08. The summed E-state index contributed by atoms with van der Waals surface area (Å²) in [6.45, 7) is 3.62. The van der Waals surface area contributed by atoms with Crippen LogP contribution in [0.3, 0.4) is 0 Å². The number of sulfonamides is 1. The molecular formula is C29H38F3N3O4S. The molecule has 3 rings (SSSR count). The van der Waals surface area contributed by atoms with E-state index in [1.807, 2.05) is 31.2 Å². The van der Waals surface area contributed by atoms with Gasteiger partial charge in [0, 0.05) is 25.6 Å². The Labute approximate surface area is 234 Å². The van der Waals surface area contributed by atoms with Gasteiger partial charge in [0.1, 0.15) is 6.04 Å². The predicted molar refractivity (Wildman–Crippen MR) is 149 cm³/mol. The van der Waals surface area contributed by atoms with E-state index >= 15 is 0 Å². The van der Waals surface area contributed by atoms with Gasteiger partial charge in [-0.2, -0.15) is 13.2 Å². The molecule has 7 nitrogen and oxygen atoms in total. The topological polar surface area (TPSA) is 86.8 Å². The Morgan fingerprint density at radius 2 is 1.73 bits per heavy atom. The fourth-order valence-electron chi connectivity index (χ4n) is 5.00. The molecule has 1 aliphatic carbocycles. The molecule has 40 heavy (non-hydrogen) atoms. The number of carbonyl (C=O) groups excluding carboxylic acids is 2. The molecule has 0 saturated heterocycles. The number of rotatable bonds is 11. The highest BCUT2D eigenvalue weighted by Crippen LogP contribution is 2.32. The number of hydrogen-bond donors (Lipinski definition) is 1. The molecule has 0 heterocycles. The number of alkyl halides is 3. The van der Waals surface area contributed by atoms with Crippen LogP contribution in [0.4, 0.5) is 18.9 Å². The van der Waals surface area contributed by atoms with Crippen LogP contribution in [-0.4, -0.2) is 50.0 Å². The van der Waals surface area contributed by atoms with Crippen molar-refractivity contribution < 1.29 is 31.2 Å². The van der Waals surface area contributed by atoms with Gasteiger partial charge in [0.15, 0.2) is 0 Å². The summed E-state index contributed by atoms with van der Waals surface area (Å²) in [5.74, 6) is -0.583. The zero-order chi connectivity index (χ0) is 29.5. The zero-order valence-electron chi connectivity index (χ0n) is 23.2. The molecule has 1 unspecified atom stereocenters. The van der Waals surface area contributed by atoms with E-state index < -0.39 is 27.8 Å². The Bertz CT molecular complexity index is 1280. The summed E-state index contributed by atoms with van der Waals surface area (Å²) in [6, 6.07) is 11.0. The number of hydrogen-bond acceptors (Lipinski definition) is 4. The first-order valence-electron chi connectivity index (χ1n) is 13.6. The average molecular weight is 582 g/mol. The monoisotopic (exact) mass is 581 g/mol. The van der Waals surface area contributed by atoms with Crippen molar-refractivity contribution in [1.29, 1.82) is 0 Å². The fraction of sp³-hybridized carbons (Fsp3) is 0.517. The molecule has 0 aliphatic heterocycles. The van der Waals surface area contributed by atoms with Gasteiger partial charge < -0.3 is 10.2 Å². The molecule has 0 bridgehead atoms. The second-order valence-electron chi connectivity index (χ2n) is 10.5. The molecule has 2 aromatic carbocycles. The lowest BCUT2D eigenvalue weighted by molar-refractivity contribution is -0.141. The molecule has 2 amide bonds. The standard InChI is InChI=1S/C29H38F3N3O4S/c1-21-10-7-11-23(18-21)20-34(22(2)28(37)33-25-13-5-4-6-14-25)27(36)16-9-17-35(40(3,38)39)26-15-8-12-24(19-26)29(30,31)32/h7-8,10-12,15,18-19,22,25H,4-6,9,13-14,16-17,20H2,1-3H3,(H,33,37). The third kappa shape index (κ3) is 8.97. The van der Waals surface area contributed by atoms with Gasteiger partial charge in [0.25, 0.3) is 0 Å². The highest BCUT2D eigenvalue weighted by Gasteiger charge is 2.32. The molecule has 2 aromatic rings. The number of anilines is 1. The second-order valence-corrected chi connectivity index (χ2v) is 12.4. The Morgan fingerprint density at radius 1 is 1.05 bits per heavy atom. The van der Waals surface area contributed by atoms with E-state index in [1.165, 1.54) is 11.0 Å². The molecule has 1 N–H and O–H groups in total. The van der Waals surface area contributed by atoms with Crippen molar-refractivity contribution in [2.45, 2.75) is 83.6 Å². The minimum atomic E-state index is -4.63. The van der Waals surface area contributed by atoms with Crippen molar-refractivity contribution in [3.63, 3.8) is 0 Å². The van der Waals surface area contributed by atoms with E-state index in [4.69, 9.17) is 0 Å². The molecule has 11 heteroatoms. The number of aryl methyl sites for hydroxylation is 1. The van der Waals surface area contributed by atoms with Crippen LogP contribution in [0.25, 0.3) is 0 Å². The van der Waals surface area contributed by atoms with Crippen LogP contribution in [0.5, 0.6) is 0 Å². The van der Waals surface area contributed by atoms with Crippen molar-refractivity contribution in [3.05, 3.63) is 65.2 Å². The summed E-state index contributed by atoms with van der Waals surface area (Å²) in [7, 11) is -3.92. The van der Waals surface area contributed by atoms with Crippen LogP contribution < -0.4 is 9.62 Å². The van der Waals surface area contributed by atoms with Gasteiger partial charge in [0.2, 0.25) is 21.8 Å². The van der Waals surface area contributed by atoms with Crippen LogP contribution in [0.2, 0.25) is 0 Å². The highest BCUT2D eigenvalue weighted by atomic mass is 32.2.